The molecular formula is C7H12N4O2. The van der Waals surface area contributed by atoms with Gasteiger partial charge in [0, 0.05) is 12.7 Å². The average Bonchev–Trinajstić information content (AvgIpc) is 2.53. The number of nitrogens with zero attached hydrogens (tertiary/aromatic N) is 1. The summed E-state index contributed by atoms with van der Waals surface area (Å²) in [6.45, 7) is 1.82. The highest BCUT2D eigenvalue weighted by atomic mass is 16.3. The van der Waals surface area contributed by atoms with Crippen molar-refractivity contribution >= 4 is 11.7 Å². The van der Waals surface area contributed by atoms with Gasteiger partial charge in [0.1, 0.15) is 0 Å². The number of aromatic nitrogens is 2. The molecule has 1 aromatic heterocycles. The van der Waals surface area contributed by atoms with Crippen LogP contribution in [0.5, 0.6) is 0 Å². The first-order valence-electron chi connectivity index (χ1n) is 3.90. The topological polar surface area (TPSA) is 90.0 Å². The Hall–Kier alpha value is -1.56. The molecule has 6 nitrogen and oxygen atoms in total. The van der Waals surface area contributed by atoms with Crippen LogP contribution in [-0.2, 0) is 0 Å². The number of amides is 2. The molecule has 0 aliphatic heterocycles. The number of hydrogen-bond acceptors (Lipinski definition) is 3. The van der Waals surface area contributed by atoms with Crippen LogP contribution in [0.25, 0.3) is 0 Å². The molecule has 1 heterocycles. The summed E-state index contributed by atoms with van der Waals surface area (Å²) in [6.07, 6.45) is 2.50. The summed E-state index contributed by atoms with van der Waals surface area (Å²) >= 11 is 0. The van der Waals surface area contributed by atoms with Crippen LogP contribution in [0.2, 0.25) is 0 Å². The fourth-order valence-electron chi connectivity index (χ4n) is 0.735. The third-order valence-corrected chi connectivity index (χ3v) is 1.31. The Morgan fingerprint density at radius 3 is 3.15 bits per heavy atom. The van der Waals surface area contributed by atoms with Gasteiger partial charge in [-0.3, -0.25) is 5.10 Å². The highest BCUT2D eigenvalue weighted by Crippen LogP contribution is 1.99. The summed E-state index contributed by atoms with van der Waals surface area (Å²) in [4.78, 5) is 11.0. The van der Waals surface area contributed by atoms with E-state index in [1.807, 2.05) is 0 Å². The van der Waals surface area contributed by atoms with Crippen molar-refractivity contribution in [2.75, 3.05) is 11.9 Å². The number of aliphatic hydroxyl groups excluding tert-OH is 1. The first-order chi connectivity index (χ1) is 6.18. The minimum atomic E-state index is -0.546. The van der Waals surface area contributed by atoms with Crippen molar-refractivity contribution in [1.82, 2.24) is 15.5 Å². The maximum Gasteiger partial charge on any atom is 0.319 e. The number of anilines is 1. The fourth-order valence-corrected chi connectivity index (χ4v) is 0.735. The van der Waals surface area contributed by atoms with Gasteiger partial charge in [-0.05, 0) is 6.92 Å². The monoisotopic (exact) mass is 184 g/mol. The van der Waals surface area contributed by atoms with Gasteiger partial charge in [-0.2, -0.15) is 5.10 Å². The Bertz CT molecular complexity index is 257. The van der Waals surface area contributed by atoms with Crippen molar-refractivity contribution in [2.45, 2.75) is 13.0 Å². The van der Waals surface area contributed by atoms with E-state index in [9.17, 15) is 4.79 Å². The number of aromatic amines is 1. The third-order valence-electron chi connectivity index (χ3n) is 1.31. The fraction of sp³-hybridized carbons (Fsp3) is 0.429. The zero-order chi connectivity index (χ0) is 9.68. The van der Waals surface area contributed by atoms with E-state index >= 15 is 0 Å². The lowest BCUT2D eigenvalue weighted by atomic mass is 10.4. The molecule has 4 N–H and O–H groups in total. The van der Waals surface area contributed by atoms with Gasteiger partial charge in [-0.15, -0.1) is 0 Å². The molecule has 1 aromatic rings. The van der Waals surface area contributed by atoms with Gasteiger partial charge < -0.3 is 15.7 Å². The third kappa shape index (κ3) is 3.57. The molecule has 1 unspecified atom stereocenters. The van der Waals surface area contributed by atoms with Crippen LogP contribution < -0.4 is 10.6 Å². The van der Waals surface area contributed by atoms with Crippen LogP contribution in [0.1, 0.15) is 6.92 Å². The summed E-state index contributed by atoms with van der Waals surface area (Å²) in [6, 6.07) is -0.359. The second-order valence-corrected chi connectivity index (χ2v) is 2.67. The van der Waals surface area contributed by atoms with E-state index in [4.69, 9.17) is 5.11 Å². The quantitative estimate of drug-likeness (QED) is 0.529. The number of aliphatic hydroxyl groups is 1. The van der Waals surface area contributed by atoms with Gasteiger partial charge in [0.2, 0.25) is 0 Å². The van der Waals surface area contributed by atoms with Gasteiger partial charge in [0.05, 0.1) is 18.0 Å². The summed E-state index contributed by atoms with van der Waals surface area (Å²) in [7, 11) is 0. The van der Waals surface area contributed by atoms with Crippen molar-refractivity contribution in [3.63, 3.8) is 0 Å². The summed E-state index contributed by atoms with van der Waals surface area (Å²) < 4.78 is 0. The van der Waals surface area contributed by atoms with E-state index in [0.29, 0.717) is 5.69 Å². The zero-order valence-corrected chi connectivity index (χ0v) is 7.24. The first-order valence-corrected chi connectivity index (χ1v) is 3.90. The van der Waals surface area contributed by atoms with Gasteiger partial charge in [-0.25, -0.2) is 4.79 Å². The molecule has 0 radical (unpaired) electrons. The molecule has 0 spiro atoms. The molecule has 0 fully saturated rings. The molecule has 6 heteroatoms. The first kappa shape index (κ1) is 9.53. The van der Waals surface area contributed by atoms with Gasteiger partial charge >= 0.3 is 6.03 Å². The predicted molar refractivity (Wildman–Crippen MR) is 47.3 cm³/mol. The summed E-state index contributed by atoms with van der Waals surface area (Å²) in [5.74, 6) is 0. The Balaban J connectivity index is 2.26. The Kier molecular flexibility index (Phi) is 3.27. The molecule has 1 rings (SSSR count). The smallest absolute Gasteiger partial charge is 0.319 e. The molecule has 13 heavy (non-hydrogen) atoms. The lowest BCUT2D eigenvalue weighted by Crippen LogP contribution is -2.33. The van der Waals surface area contributed by atoms with E-state index in [0.717, 1.165) is 0 Å². The number of rotatable bonds is 3. The Labute approximate surface area is 75.3 Å². The van der Waals surface area contributed by atoms with Gasteiger partial charge in [0.25, 0.3) is 0 Å². The molecule has 0 saturated carbocycles. The van der Waals surface area contributed by atoms with Crippen LogP contribution in [0.3, 0.4) is 0 Å². The minimum absolute atomic E-state index is 0.226. The molecule has 0 aromatic carbocycles. The zero-order valence-electron chi connectivity index (χ0n) is 7.24. The largest absolute Gasteiger partial charge is 0.392 e. The van der Waals surface area contributed by atoms with E-state index < -0.39 is 6.10 Å². The number of H-pyrrole nitrogens is 1. The van der Waals surface area contributed by atoms with Crippen LogP contribution in [0, 0.1) is 0 Å². The lowest BCUT2D eigenvalue weighted by Gasteiger charge is -2.06. The maximum absolute atomic E-state index is 11.0. The van der Waals surface area contributed by atoms with Crippen LogP contribution in [-0.4, -0.2) is 34.0 Å². The molecular weight excluding hydrogens is 172 g/mol. The van der Waals surface area contributed by atoms with Crippen LogP contribution >= 0.6 is 0 Å². The number of hydrogen-bond donors (Lipinski definition) is 4. The van der Waals surface area contributed by atoms with Crippen molar-refractivity contribution in [3.05, 3.63) is 12.4 Å². The summed E-state index contributed by atoms with van der Waals surface area (Å²) in [5.41, 5.74) is 0.586. The van der Waals surface area contributed by atoms with Crippen LogP contribution in [0.4, 0.5) is 10.5 Å². The second kappa shape index (κ2) is 4.46. The predicted octanol–water partition coefficient (Wildman–Crippen LogP) is -0.0880. The Morgan fingerprint density at radius 1 is 1.85 bits per heavy atom. The van der Waals surface area contributed by atoms with Gasteiger partial charge in [-0.1, -0.05) is 0 Å². The number of carbonyl (C=O) groups is 1. The number of nitrogens with one attached hydrogen (secondary N) is 3. The Morgan fingerprint density at radius 2 is 2.62 bits per heavy atom. The number of carbonyl (C=O) groups excluding carboxylic acids is 1. The van der Waals surface area contributed by atoms with Crippen molar-refractivity contribution in [2.24, 2.45) is 0 Å². The molecule has 72 valence electrons. The molecule has 0 saturated heterocycles. The van der Waals surface area contributed by atoms with Crippen molar-refractivity contribution in [3.8, 4) is 0 Å². The van der Waals surface area contributed by atoms with E-state index in [2.05, 4.69) is 20.8 Å². The molecule has 0 aliphatic carbocycles. The molecule has 0 aliphatic rings. The lowest BCUT2D eigenvalue weighted by molar-refractivity contribution is 0.190. The SMILES string of the molecule is CC(O)CNC(=O)Nc1cn[nH]c1. The van der Waals surface area contributed by atoms with E-state index in [1.54, 1.807) is 13.1 Å². The minimum Gasteiger partial charge on any atom is -0.392 e. The summed E-state index contributed by atoms with van der Waals surface area (Å²) in [5, 5.41) is 20.1. The maximum atomic E-state index is 11.0. The van der Waals surface area contributed by atoms with Crippen LogP contribution in [0.15, 0.2) is 12.4 Å². The number of urea groups is 1. The standard InChI is InChI=1S/C7H12N4O2/c1-5(12)2-8-7(13)11-6-3-9-10-4-6/h3-5,12H,2H2,1H3,(H,9,10)(H2,8,11,13). The van der Waals surface area contributed by atoms with Crippen molar-refractivity contribution < 1.29 is 9.90 Å². The molecule has 1 atom stereocenters. The van der Waals surface area contributed by atoms with E-state index in [1.165, 1.54) is 6.20 Å². The average molecular weight is 184 g/mol. The van der Waals surface area contributed by atoms with Gasteiger partial charge in [0.15, 0.2) is 0 Å². The highest BCUT2D eigenvalue weighted by Gasteiger charge is 2.02. The van der Waals surface area contributed by atoms with E-state index in [-0.39, 0.29) is 12.6 Å². The molecule has 2 amide bonds. The highest BCUT2D eigenvalue weighted by molar-refractivity contribution is 5.88. The van der Waals surface area contributed by atoms with Crippen molar-refractivity contribution in [1.29, 1.82) is 0 Å². The normalized spacial score (nSPS) is 12.2. The molecule has 0 bridgehead atoms. The second-order valence-electron chi connectivity index (χ2n) is 2.67.